The van der Waals surface area contributed by atoms with Gasteiger partial charge in [0.05, 0.1) is 0 Å². The van der Waals surface area contributed by atoms with Crippen molar-refractivity contribution in [2.45, 2.75) is 38.5 Å². The third-order valence-electron chi connectivity index (χ3n) is 4.64. The molecule has 0 atom stereocenters. The molecule has 0 bridgehead atoms. The molecule has 0 saturated carbocycles. The highest BCUT2D eigenvalue weighted by Crippen LogP contribution is 2.20. The smallest absolute Gasteiger partial charge is 0.220 e. The number of nitrogens with one attached hydrogen (secondary N) is 1. The molecule has 0 spiro atoms. The second-order valence-electron chi connectivity index (χ2n) is 6.06. The molecule has 0 aromatic carbocycles. The Balaban J connectivity index is 1.59. The van der Waals surface area contributed by atoms with Crippen LogP contribution in [0.3, 0.4) is 0 Å². The van der Waals surface area contributed by atoms with Gasteiger partial charge in [0.1, 0.15) is 0 Å². The fourth-order valence-electron chi connectivity index (χ4n) is 3.24. The van der Waals surface area contributed by atoms with Crippen LogP contribution in [0.4, 0.5) is 0 Å². The van der Waals surface area contributed by atoms with Gasteiger partial charge >= 0.3 is 0 Å². The molecule has 19 heavy (non-hydrogen) atoms. The second-order valence-corrected chi connectivity index (χ2v) is 6.06. The van der Waals surface area contributed by atoms with Crippen LogP contribution >= 0.6 is 0 Å². The minimum Gasteiger partial charge on any atom is -0.359 e. The van der Waals surface area contributed by atoms with Gasteiger partial charge in [0.2, 0.25) is 5.91 Å². The second kappa shape index (κ2) is 7.85. The van der Waals surface area contributed by atoms with Crippen molar-refractivity contribution in [3.63, 3.8) is 0 Å². The number of carbonyl (C=O) groups excluding carboxylic acids is 1. The molecule has 2 saturated heterocycles. The first-order chi connectivity index (χ1) is 9.28. The van der Waals surface area contributed by atoms with Gasteiger partial charge in [-0.05, 0) is 57.8 Å². The summed E-state index contributed by atoms with van der Waals surface area (Å²) in [6.07, 6.45) is 7.28. The molecule has 4 heteroatoms. The summed E-state index contributed by atoms with van der Waals surface area (Å²) in [7, 11) is 1.73. The molecule has 4 nitrogen and oxygen atoms in total. The van der Waals surface area contributed by atoms with E-state index in [0.29, 0.717) is 5.92 Å². The highest BCUT2D eigenvalue weighted by atomic mass is 16.1. The van der Waals surface area contributed by atoms with Crippen LogP contribution in [0.25, 0.3) is 0 Å². The zero-order chi connectivity index (χ0) is 13.5. The van der Waals surface area contributed by atoms with E-state index >= 15 is 0 Å². The molecule has 0 aromatic rings. The Bertz CT molecular complexity index is 269. The van der Waals surface area contributed by atoms with Crippen molar-refractivity contribution >= 4 is 5.91 Å². The van der Waals surface area contributed by atoms with E-state index < -0.39 is 0 Å². The van der Waals surface area contributed by atoms with Crippen molar-refractivity contribution in [2.24, 2.45) is 5.92 Å². The van der Waals surface area contributed by atoms with Crippen molar-refractivity contribution in [1.29, 1.82) is 0 Å². The molecule has 0 radical (unpaired) electrons. The molecule has 2 aliphatic heterocycles. The lowest BCUT2D eigenvalue weighted by molar-refractivity contribution is -0.121. The van der Waals surface area contributed by atoms with Crippen LogP contribution in [0.5, 0.6) is 0 Å². The Kier molecular flexibility index (Phi) is 6.11. The maximum atomic E-state index is 11.4. The number of nitrogens with zero attached hydrogens (tertiary/aromatic N) is 2. The average molecular weight is 267 g/mol. The average Bonchev–Trinajstić information content (AvgIpc) is 2.47. The quantitative estimate of drug-likeness (QED) is 0.816. The highest BCUT2D eigenvalue weighted by molar-refractivity contribution is 5.75. The molecule has 1 N–H and O–H groups in total. The van der Waals surface area contributed by atoms with E-state index in [-0.39, 0.29) is 5.91 Å². The number of hydrogen-bond acceptors (Lipinski definition) is 3. The molecular weight excluding hydrogens is 238 g/mol. The van der Waals surface area contributed by atoms with Crippen LogP contribution in [-0.4, -0.2) is 62.0 Å². The topological polar surface area (TPSA) is 35.6 Å². The molecule has 2 fully saturated rings. The maximum Gasteiger partial charge on any atom is 0.220 e. The van der Waals surface area contributed by atoms with Crippen molar-refractivity contribution in [3.8, 4) is 0 Å². The van der Waals surface area contributed by atoms with Gasteiger partial charge in [0, 0.05) is 26.6 Å². The molecule has 1 amide bonds. The Morgan fingerprint density at radius 3 is 2.16 bits per heavy atom. The number of piperidine rings is 2. The van der Waals surface area contributed by atoms with Crippen LogP contribution in [0.15, 0.2) is 0 Å². The van der Waals surface area contributed by atoms with Crippen LogP contribution < -0.4 is 5.32 Å². The van der Waals surface area contributed by atoms with Crippen molar-refractivity contribution in [2.75, 3.05) is 46.3 Å². The van der Waals surface area contributed by atoms with Crippen LogP contribution in [0, 0.1) is 5.92 Å². The largest absolute Gasteiger partial charge is 0.359 e. The zero-order valence-corrected chi connectivity index (χ0v) is 12.4. The molecule has 0 aliphatic carbocycles. The standard InChI is InChI=1S/C15H29N3O/c1-16-15(19)13-14-5-9-18(10-6-14)12-11-17-7-3-2-4-8-17/h14H,2-13H2,1H3,(H,16,19). The van der Waals surface area contributed by atoms with Gasteiger partial charge in [-0.1, -0.05) is 6.42 Å². The first-order valence-electron chi connectivity index (χ1n) is 7.93. The third kappa shape index (κ3) is 5.11. The number of rotatable bonds is 5. The summed E-state index contributed by atoms with van der Waals surface area (Å²) in [5.74, 6) is 0.804. The van der Waals surface area contributed by atoms with Crippen molar-refractivity contribution < 1.29 is 4.79 Å². The van der Waals surface area contributed by atoms with Gasteiger partial charge in [-0.15, -0.1) is 0 Å². The van der Waals surface area contributed by atoms with Crippen molar-refractivity contribution in [3.05, 3.63) is 0 Å². The summed E-state index contributed by atoms with van der Waals surface area (Å²) in [5, 5.41) is 2.73. The molecule has 2 rings (SSSR count). The molecule has 110 valence electrons. The van der Waals surface area contributed by atoms with Gasteiger partial charge in [-0.25, -0.2) is 0 Å². The minimum atomic E-state index is 0.201. The Morgan fingerprint density at radius 1 is 1.00 bits per heavy atom. The van der Waals surface area contributed by atoms with Crippen LogP contribution in [0.1, 0.15) is 38.5 Å². The Hall–Kier alpha value is -0.610. The Labute approximate surface area is 117 Å². The molecule has 0 unspecified atom stereocenters. The van der Waals surface area contributed by atoms with Crippen LogP contribution in [-0.2, 0) is 4.79 Å². The lowest BCUT2D eigenvalue weighted by Gasteiger charge is -2.34. The minimum absolute atomic E-state index is 0.201. The number of carbonyl (C=O) groups is 1. The predicted octanol–water partition coefficient (Wildman–Crippen LogP) is 1.32. The molecule has 2 heterocycles. The van der Waals surface area contributed by atoms with Crippen molar-refractivity contribution in [1.82, 2.24) is 15.1 Å². The summed E-state index contributed by atoms with van der Waals surface area (Å²) < 4.78 is 0. The summed E-state index contributed by atoms with van der Waals surface area (Å²) >= 11 is 0. The molecule has 2 aliphatic rings. The van der Waals surface area contributed by atoms with Gasteiger partial charge in [0.25, 0.3) is 0 Å². The summed E-state index contributed by atoms with van der Waals surface area (Å²) in [6.45, 7) is 7.40. The van der Waals surface area contributed by atoms with E-state index in [4.69, 9.17) is 0 Å². The summed E-state index contributed by atoms with van der Waals surface area (Å²) in [5.41, 5.74) is 0. The first-order valence-corrected chi connectivity index (χ1v) is 7.93. The lowest BCUT2D eigenvalue weighted by Crippen LogP contribution is -2.41. The van der Waals surface area contributed by atoms with E-state index in [1.165, 1.54) is 71.4 Å². The van der Waals surface area contributed by atoms with Gasteiger partial charge in [0.15, 0.2) is 0 Å². The van der Waals surface area contributed by atoms with E-state index in [1.807, 2.05) is 0 Å². The normalized spacial score (nSPS) is 23.4. The monoisotopic (exact) mass is 267 g/mol. The highest BCUT2D eigenvalue weighted by Gasteiger charge is 2.21. The van der Waals surface area contributed by atoms with Gasteiger partial charge in [-0.3, -0.25) is 4.79 Å². The first kappa shape index (κ1) is 14.8. The van der Waals surface area contributed by atoms with E-state index in [1.54, 1.807) is 7.05 Å². The lowest BCUT2D eigenvalue weighted by atomic mass is 9.93. The third-order valence-corrected chi connectivity index (χ3v) is 4.64. The summed E-state index contributed by atoms with van der Waals surface area (Å²) in [6, 6.07) is 0. The van der Waals surface area contributed by atoms with E-state index in [0.717, 1.165) is 6.42 Å². The summed E-state index contributed by atoms with van der Waals surface area (Å²) in [4.78, 5) is 16.6. The van der Waals surface area contributed by atoms with Gasteiger partial charge in [-0.2, -0.15) is 0 Å². The SMILES string of the molecule is CNC(=O)CC1CCN(CCN2CCCCC2)CC1. The Morgan fingerprint density at radius 2 is 1.58 bits per heavy atom. The fraction of sp³-hybridized carbons (Fsp3) is 0.933. The van der Waals surface area contributed by atoms with E-state index in [2.05, 4.69) is 15.1 Å². The fourth-order valence-corrected chi connectivity index (χ4v) is 3.24. The number of likely N-dealkylation sites (tertiary alicyclic amines) is 2. The molecular formula is C15H29N3O. The number of hydrogen-bond donors (Lipinski definition) is 1. The van der Waals surface area contributed by atoms with Gasteiger partial charge < -0.3 is 15.1 Å². The molecule has 0 aromatic heterocycles. The van der Waals surface area contributed by atoms with Crippen LogP contribution in [0.2, 0.25) is 0 Å². The van der Waals surface area contributed by atoms with E-state index in [9.17, 15) is 4.79 Å². The zero-order valence-electron chi connectivity index (χ0n) is 12.4. The predicted molar refractivity (Wildman–Crippen MR) is 78.1 cm³/mol. The maximum absolute atomic E-state index is 11.4. The number of amides is 1.